The Labute approximate surface area is 198 Å². The molecule has 2 bridgehead atoms. The van der Waals surface area contributed by atoms with E-state index in [9.17, 15) is 19.2 Å². The van der Waals surface area contributed by atoms with Gasteiger partial charge in [-0.15, -0.1) is 0 Å². The quantitative estimate of drug-likeness (QED) is 0.240. The molecular formula is C24H32O10. The zero-order valence-corrected chi connectivity index (χ0v) is 20.4. The molecule has 34 heavy (non-hydrogen) atoms. The number of carbonyl (C=O) groups excluding carboxylic acids is 4. The molecule has 1 aliphatic carbocycles. The Balaban J connectivity index is 1.82. The summed E-state index contributed by atoms with van der Waals surface area (Å²) in [5.41, 5.74) is -2.65. The van der Waals surface area contributed by atoms with Crippen LogP contribution in [-0.4, -0.2) is 67.3 Å². The van der Waals surface area contributed by atoms with Gasteiger partial charge in [-0.05, 0) is 18.4 Å². The number of rotatable bonds is 6. The van der Waals surface area contributed by atoms with Gasteiger partial charge in [0, 0.05) is 26.7 Å². The van der Waals surface area contributed by atoms with Crippen molar-refractivity contribution in [1.82, 2.24) is 0 Å². The number of fused-ring (bicyclic) bond motifs is 2. The first kappa shape index (κ1) is 24.7. The Bertz CT molecular complexity index is 934. The molecule has 3 saturated heterocycles. The lowest BCUT2D eigenvalue weighted by Gasteiger charge is -2.64. The van der Waals surface area contributed by atoms with Crippen LogP contribution in [0.4, 0.5) is 0 Å². The van der Waals surface area contributed by atoms with E-state index in [-0.39, 0.29) is 37.9 Å². The summed E-state index contributed by atoms with van der Waals surface area (Å²) in [5.74, 6) is -2.18. The Hall–Kier alpha value is -2.46. The smallest absolute Gasteiger partial charge is 0.350 e. The van der Waals surface area contributed by atoms with E-state index in [4.69, 9.17) is 28.4 Å². The molecule has 10 heteroatoms. The summed E-state index contributed by atoms with van der Waals surface area (Å²) >= 11 is 0. The number of hydrogen-bond acceptors (Lipinski definition) is 10. The molecule has 0 unspecified atom stereocenters. The molecule has 188 valence electrons. The zero-order valence-electron chi connectivity index (χ0n) is 20.4. The van der Waals surface area contributed by atoms with Crippen molar-refractivity contribution < 1.29 is 47.6 Å². The maximum atomic E-state index is 13.0. The van der Waals surface area contributed by atoms with E-state index >= 15 is 0 Å². The average molecular weight is 481 g/mol. The monoisotopic (exact) mass is 480 g/mol. The third kappa shape index (κ3) is 3.62. The van der Waals surface area contributed by atoms with Crippen LogP contribution in [0.3, 0.4) is 0 Å². The fraction of sp³-hybridized carbons (Fsp3) is 0.750. The van der Waals surface area contributed by atoms with Crippen molar-refractivity contribution in [3.63, 3.8) is 0 Å². The molecule has 4 rings (SSSR count). The van der Waals surface area contributed by atoms with Gasteiger partial charge in [-0.2, -0.15) is 0 Å². The summed E-state index contributed by atoms with van der Waals surface area (Å²) in [6.07, 6.45) is -1.44. The van der Waals surface area contributed by atoms with Crippen LogP contribution in [0, 0.1) is 16.7 Å². The van der Waals surface area contributed by atoms with Crippen molar-refractivity contribution in [2.24, 2.45) is 16.7 Å². The molecule has 0 amide bonds. The summed E-state index contributed by atoms with van der Waals surface area (Å²) < 4.78 is 34.5. The summed E-state index contributed by atoms with van der Waals surface area (Å²) in [5, 5.41) is 0. The highest BCUT2D eigenvalue weighted by Gasteiger charge is 2.84. The van der Waals surface area contributed by atoms with Gasteiger partial charge < -0.3 is 28.4 Å². The van der Waals surface area contributed by atoms with E-state index in [2.05, 4.69) is 0 Å². The van der Waals surface area contributed by atoms with Crippen LogP contribution >= 0.6 is 0 Å². The molecule has 1 spiro atoms. The van der Waals surface area contributed by atoms with E-state index in [0.717, 1.165) is 5.57 Å². The number of hydrogen-bond donors (Lipinski definition) is 0. The molecule has 0 N–H and O–H groups in total. The predicted molar refractivity (Wildman–Crippen MR) is 114 cm³/mol. The van der Waals surface area contributed by atoms with Gasteiger partial charge in [0.05, 0.1) is 23.5 Å². The molecule has 10 nitrogen and oxygen atoms in total. The Morgan fingerprint density at radius 2 is 1.85 bits per heavy atom. The first-order chi connectivity index (χ1) is 15.9. The van der Waals surface area contributed by atoms with Crippen molar-refractivity contribution in [3.05, 3.63) is 11.6 Å². The number of epoxide rings is 1. The van der Waals surface area contributed by atoms with Crippen LogP contribution in [-0.2, 0) is 47.6 Å². The van der Waals surface area contributed by atoms with Crippen LogP contribution in [0.2, 0.25) is 0 Å². The maximum Gasteiger partial charge on any atom is 0.350 e. The lowest BCUT2D eigenvalue weighted by atomic mass is 9.47. The van der Waals surface area contributed by atoms with Gasteiger partial charge in [0.25, 0.3) is 0 Å². The molecule has 0 aromatic rings. The van der Waals surface area contributed by atoms with E-state index < -0.39 is 58.9 Å². The second-order valence-electron chi connectivity index (χ2n) is 10.3. The van der Waals surface area contributed by atoms with Crippen molar-refractivity contribution in [1.29, 1.82) is 0 Å². The highest BCUT2D eigenvalue weighted by molar-refractivity contribution is 5.82. The van der Waals surface area contributed by atoms with Gasteiger partial charge in [0.15, 0.2) is 5.60 Å². The van der Waals surface area contributed by atoms with Gasteiger partial charge >= 0.3 is 23.9 Å². The second kappa shape index (κ2) is 8.34. The molecule has 0 saturated carbocycles. The fourth-order valence-corrected chi connectivity index (χ4v) is 5.75. The Kier molecular flexibility index (Phi) is 6.05. The summed E-state index contributed by atoms with van der Waals surface area (Å²) in [6, 6.07) is 0. The Morgan fingerprint density at radius 1 is 1.18 bits per heavy atom. The molecule has 0 aromatic heterocycles. The first-order valence-electron chi connectivity index (χ1n) is 11.5. The normalized spacial score (nSPS) is 40.1. The standard InChI is InChI=1S/C24H32O10/c1-12(2)7-18(27)32-16-9-23(10-29-14(4)25)17(8-13(16)3)33-21-24(11-30-24)22(23,6)19(20(28)34-21)31-15(5)26/h8,12,16-17,19,21H,7,9-11H2,1-6H3/t16-,17+,19+,21+,22+,23+,24-/m0/s1. The van der Waals surface area contributed by atoms with E-state index in [1.807, 2.05) is 26.8 Å². The molecule has 3 aliphatic heterocycles. The molecular weight excluding hydrogens is 448 g/mol. The number of esters is 4. The molecule has 0 aromatic carbocycles. The van der Waals surface area contributed by atoms with E-state index in [1.165, 1.54) is 13.8 Å². The van der Waals surface area contributed by atoms with Crippen molar-refractivity contribution in [2.45, 2.75) is 84.6 Å². The van der Waals surface area contributed by atoms with Crippen molar-refractivity contribution in [2.75, 3.05) is 13.2 Å². The minimum Gasteiger partial charge on any atom is -0.465 e. The second-order valence-corrected chi connectivity index (χ2v) is 10.3. The van der Waals surface area contributed by atoms with Crippen LogP contribution in [0.25, 0.3) is 0 Å². The predicted octanol–water partition coefficient (Wildman–Crippen LogP) is 1.83. The van der Waals surface area contributed by atoms with Gasteiger partial charge in [0.1, 0.15) is 12.7 Å². The minimum atomic E-state index is -1.33. The summed E-state index contributed by atoms with van der Waals surface area (Å²) in [4.78, 5) is 49.5. The van der Waals surface area contributed by atoms with Crippen molar-refractivity contribution in [3.8, 4) is 0 Å². The topological polar surface area (TPSA) is 127 Å². The lowest BCUT2D eigenvalue weighted by molar-refractivity contribution is -0.348. The number of carbonyl (C=O) groups is 4. The highest BCUT2D eigenvalue weighted by Crippen LogP contribution is 2.69. The highest BCUT2D eigenvalue weighted by atomic mass is 16.8. The van der Waals surface area contributed by atoms with Crippen LogP contribution in [0.1, 0.15) is 54.4 Å². The molecule has 0 radical (unpaired) electrons. The molecule has 7 atom stereocenters. The molecule has 3 heterocycles. The van der Waals surface area contributed by atoms with Gasteiger partial charge in [-0.25, -0.2) is 4.79 Å². The van der Waals surface area contributed by atoms with Crippen LogP contribution < -0.4 is 0 Å². The fourth-order valence-electron chi connectivity index (χ4n) is 5.75. The minimum absolute atomic E-state index is 0.115. The lowest BCUT2D eigenvalue weighted by Crippen LogP contribution is -2.77. The van der Waals surface area contributed by atoms with Gasteiger partial charge in [-0.3, -0.25) is 14.4 Å². The zero-order chi connectivity index (χ0) is 25.1. The third-order valence-electron chi connectivity index (χ3n) is 7.66. The first-order valence-corrected chi connectivity index (χ1v) is 11.5. The largest absolute Gasteiger partial charge is 0.465 e. The van der Waals surface area contributed by atoms with Gasteiger partial charge in [-0.1, -0.05) is 26.8 Å². The van der Waals surface area contributed by atoms with Gasteiger partial charge in [0.2, 0.25) is 12.4 Å². The summed E-state index contributed by atoms with van der Waals surface area (Å²) in [6.45, 7) is 9.99. The molecule has 3 fully saturated rings. The van der Waals surface area contributed by atoms with Crippen LogP contribution in [0.15, 0.2) is 11.6 Å². The van der Waals surface area contributed by atoms with E-state index in [1.54, 1.807) is 6.92 Å². The van der Waals surface area contributed by atoms with Crippen LogP contribution in [0.5, 0.6) is 0 Å². The SMILES string of the molecule is CC(=O)OC[C@]12C[C@H](OC(=O)CC(C)C)C(C)=C[C@H]1O[C@@H]1OC(=O)[C@@H](OC(C)=O)[C@@]2(C)[C@]12CO2. The van der Waals surface area contributed by atoms with E-state index in [0.29, 0.717) is 0 Å². The third-order valence-corrected chi connectivity index (χ3v) is 7.66. The summed E-state index contributed by atoms with van der Waals surface area (Å²) in [7, 11) is 0. The number of ether oxygens (including phenoxy) is 6. The van der Waals surface area contributed by atoms with Crippen molar-refractivity contribution >= 4 is 23.9 Å². The average Bonchev–Trinajstić information content (AvgIpc) is 3.51. The maximum absolute atomic E-state index is 13.0. The Morgan fingerprint density at radius 3 is 2.41 bits per heavy atom. The molecule has 4 aliphatic rings.